The van der Waals surface area contributed by atoms with Crippen LogP contribution in [-0.2, 0) is 16.0 Å². The van der Waals surface area contributed by atoms with Crippen molar-refractivity contribution < 1.29 is 14.4 Å². The van der Waals surface area contributed by atoms with E-state index in [1.54, 1.807) is 55.5 Å². The van der Waals surface area contributed by atoms with E-state index in [-0.39, 0.29) is 24.0 Å². The summed E-state index contributed by atoms with van der Waals surface area (Å²) in [7, 11) is 0. The highest BCUT2D eigenvalue weighted by Crippen LogP contribution is 2.28. The summed E-state index contributed by atoms with van der Waals surface area (Å²) in [4.78, 5) is 41.4. The number of amides is 3. The fourth-order valence-corrected chi connectivity index (χ4v) is 4.79. The Balaban J connectivity index is 1.62. The van der Waals surface area contributed by atoms with Crippen molar-refractivity contribution >= 4 is 63.8 Å². The summed E-state index contributed by atoms with van der Waals surface area (Å²) in [5.41, 5.74) is 7.31. The summed E-state index contributed by atoms with van der Waals surface area (Å²) in [6.07, 6.45) is 0.131. The number of thioether (sulfide) groups is 1. The maximum Gasteiger partial charge on any atom is 0.257 e. The minimum Gasteiger partial charge on any atom is -0.369 e. The lowest BCUT2D eigenvalue weighted by atomic mass is 10.1. The normalized spacial score (nSPS) is 10.5. The van der Waals surface area contributed by atoms with Crippen molar-refractivity contribution in [3.05, 3.63) is 69.7 Å². The Morgan fingerprint density at radius 1 is 1.10 bits per heavy atom. The summed E-state index contributed by atoms with van der Waals surface area (Å²) in [6.45, 7) is 1.80. The minimum absolute atomic E-state index is 0.107. The second-order valence-electron chi connectivity index (χ2n) is 6.47. The first-order valence-electron chi connectivity index (χ1n) is 9.15. The number of carbonyl (C=O) groups excluding carboxylic acids is 3. The molecule has 0 bridgehead atoms. The number of halogens is 1. The van der Waals surface area contributed by atoms with Gasteiger partial charge in [0.05, 0.1) is 29.1 Å². The maximum atomic E-state index is 12.7. The van der Waals surface area contributed by atoms with Crippen LogP contribution in [0.3, 0.4) is 0 Å². The van der Waals surface area contributed by atoms with Gasteiger partial charge in [0.1, 0.15) is 0 Å². The van der Waals surface area contributed by atoms with Gasteiger partial charge in [0.25, 0.3) is 5.91 Å². The molecule has 0 atom stereocenters. The van der Waals surface area contributed by atoms with Gasteiger partial charge in [-0.25, -0.2) is 4.98 Å². The number of benzene rings is 2. The minimum atomic E-state index is -0.422. The van der Waals surface area contributed by atoms with Gasteiger partial charge in [0.2, 0.25) is 11.8 Å². The predicted molar refractivity (Wildman–Crippen MR) is 125 cm³/mol. The molecular weight excluding hydrogens is 456 g/mol. The first-order valence-corrected chi connectivity index (χ1v) is 11.3. The van der Waals surface area contributed by atoms with Crippen LogP contribution >= 0.6 is 34.7 Å². The SMILES string of the molecule is Cc1nc(SCC(=O)Nc2ccccc2C(=O)Nc2ccc(Cl)cc2)sc1CC(N)=O. The van der Waals surface area contributed by atoms with Crippen LogP contribution in [0.1, 0.15) is 20.9 Å². The molecule has 1 heterocycles. The molecule has 10 heteroatoms. The Morgan fingerprint density at radius 2 is 1.81 bits per heavy atom. The average Bonchev–Trinajstić information content (AvgIpc) is 3.07. The third-order valence-electron chi connectivity index (χ3n) is 4.08. The van der Waals surface area contributed by atoms with E-state index in [1.807, 2.05) is 0 Å². The number of rotatable bonds is 8. The number of primary amides is 1. The van der Waals surface area contributed by atoms with E-state index >= 15 is 0 Å². The fraction of sp³-hybridized carbons (Fsp3) is 0.143. The van der Waals surface area contributed by atoms with Crippen molar-refractivity contribution in [3.63, 3.8) is 0 Å². The Bertz CT molecular complexity index is 1120. The van der Waals surface area contributed by atoms with E-state index in [4.69, 9.17) is 17.3 Å². The lowest BCUT2D eigenvalue weighted by Crippen LogP contribution is -2.19. The summed E-state index contributed by atoms with van der Waals surface area (Å²) in [6, 6.07) is 13.5. The highest BCUT2D eigenvalue weighted by Gasteiger charge is 2.15. The second-order valence-corrected chi connectivity index (χ2v) is 9.22. The predicted octanol–water partition coefficient (Wildman–Crippen LogP) is 4.12. The first kappa shape index (κ1) is 22.8. The molecule has 0 spiro atoms. The van der Waals surface area contributed by atoms with Crippen molar-refractivity contribution in [1.82, 2.24) is 4.98 Å². The van der Waals surface area contributed by atoms with E-state index < -0.39 is 5.91 Å². The van der Waals surface area contributed by atoms with Gasteiger partial charge < -0.3 is 16.4 Å². The number of nitrogens with zero attached hydrogens (tertiary/aromatic N) is 1. The van der Waals surface area contributed by atoms with E-state index in [2.05, 4.69) is 15.6 Å². The first-order chi connectivity index (χ1) is 14.8. The third-order valence-corrected chi connectivity index (χ3v) is 6.63. The van der Waals surface area contributed by atoms with Gasteiger partial charge in [-0.05, 0) is 43.3 Å². The molecule has 4 N–H and O–H groups in total. The number of aryl methyl sites for hydroxylation is 1. The van der Waals surface area contributed by atoms with Gasteiger partial charge >= 0.3 is 0 Å². The van der Waals surface area contributed by atoms with Crippen LogP contribution in [0.2, 0.25) is 5.02 Å². The van der Waals surface area contributed by atoms with Gasteiger partial charge in [-0.1, -0.05) is 35.5 Å². The fourth-order valence-electron chi connectivity index (χ4n) is 2.62. The van der Waals surface area contributed by atoms with Crippen LogP contribution in [-0.4, -0.2) is 28.5 Å². The molecule has 3 rings (SSSR count). The van der Waals surface area contributed by atoms with Crippen molar-refractivity contribution in [2.24, 2.45) is 5.73 Å². The van der Waals surface area contributed by atoms with Gasteiger partial charge in [0.15, 0.2) is 4.34 Å². The summed E-state index contributed by atoms with van der Waals surface area (Å²) >= 11 is 8.47. The maximum absolute atomic E-state index is 12.7. The summed E-state index contributed by atoms with van der Waals surface area (Å²) in [5, 5.41) is 6.12. The van der Waals surface area contributed by atoms with Crippen LogP contribution in [0.4, 0.5) is 11.4 Å². The molecule has 0 aliphatic carbocycles. The highest BCUT2D eigenvalue weighted by molar-refractivity contribution is 8.01. The van der Waals surface area contributed by atoms with Crippen LogP contribution in [0, 0.1) is 6.92 Å². The van der Waals surface area contributed by atoms with Crippen LogP contribution in [0.5, 0.6) is 0 Å². The largest absolute Gasteiger partial charge is 0.369 e. The van der Waals surface area contributed by atoms with E-state index in [9.17, 15) is 14.4 Å². The Labute approximate surface area is 192 Å². The molecule has 0 saturated heterocycles. The molecule has 0 aliphatic heterocycles. The number of thiazole rings is 1. The number of nitrogens with one attached hydrogen (secondary N) is 2. The van der Waals surface area contributed by atoms with Gasteiger partial charge in [-0.2, -0.15) is 0 Å². The molecule has 2 aromatic carbocycles. The van der Waals surface area contributed by atoms with E-state index in [0.717, 1.165) is 10.6 Å². The molecule has 3 amide bonds. The standard InChI is InChI=1S/C21H19ClN4O3S2/c1-12-17(10-18(23)27)31-21(24-12)30-11-19(28)26-16-5-3-2-4-15(16)20(29)25-14-8-6-13(22)7-9-14/h2-9H,10-11H2,1H3,(H2,23,27)(H,25,29)(H,26,28). The molecule has 1 aromatic heterocycles. The van der Waals surface area contributed by atoms with Crippen molar-refractivity contribution in [3.8, 4) is 0 Å². The van der Waals surface area contributed by atoms with Crippen LogP contribution in [0.15, 0.2) is 52.9 Å². The lowest BCUT2D eigenvalue weighted by Gasteiger charge is -2.11. The van der Waals surface area contributed by atoms with Gasteiger partial charge in [-0.3, -0.25) is 14.4 Å². The Morgan fingerprint density at radius 3 is 2.52 bits per heavy atom. The number of hydrogen-bond donors (Lipinski definition) is 3. The number of aromatic nitrogens is 1. The molecule has 7 nitrogen and oxygen atoms in total. The highest BCUT2D eigenvalue weighted by atomic mass is 35.5. The van der Waals surface area contributed by atoms with Crippen LogP contribution in [0.25, 0.3) is 0 Å². The Kier molecular flexibility index (Phi) is 7.67. The van der Waals surface area contributed by atoms with E-state index in [0.29, 0.717) is 26.3 Å². The number of nitrogens with two attached hydrogens (primary N) is 1. The van der Waals surface area contributed by atoms with Crippen molar-refractivity contribution in [2.45, 2.75) is 17.7 Å². The molecular formula is C21H19ClN4O3S2. The molecule has 0 radical (unpaired) electrons. The quantitative estimate of drug-likeness (QED) is 0.425. The van der Waals surface area contributed by atoms with Gasteiger partial charge in [-0.15, -0.1) is 11.3 Å². The number of para-hydroxylation sites is 1. The zero-order valence-electron chi connectivity index (χ0n) is 16.5. The molecule has 31 heavy (non-hydrogen) atoms. The molecule has 0 aliphatic rings. The Hall–Kier alpha value is -2.88. The van der Waals surface area contributed by atoms with Crippen LogP contribution < -0.4 is 16.4 Å². The topological polar surface area (TPSA) is 114 Å². The number of hydrogen-bond acceptors (Lipinski definition) is 6. The zero-order valence-corrected chi connectivity index (χ0v) is 18.9. The molecule has 3 aromatic rings. The number of anilines is 2. The summed E-state index contributed by atoms with van der Waals surface area (Å²) in [5.74, 6) is -0.941. The lowest BCUT2D eigenvalue weighted by molar-refractivity contribution is -0.117. The third kappa shape index (κ3) is 6.55. The van der Waals surface area contributed by atoms with Gasteiger partial charge in [0, 0.05) is 15.6 Å². The molecule has 0 saturated carbocycles. The second kappa shape index (κ2) is 10.4. The average molecular weight is 475 g/mol. The molecule has 160 valence electrons. The summed E-state index contributed by atoms with van der Waals surface area (Å²) < 4.78 is 0.678. The molecule has 0 unspecified atom stereocenters. The molecule has 0 fully saturated rings. The van der Waals surface area contributed by atoms with Crippen molar-refractivity contribution in [2.75, 3.05) is 16.4 Å². The monoisotopic (exact) mass is 474 g/mol. The van der Waals surface area contributed by atoms with E-state index in [1.165, 1.54) is 23.1 Å². The van der Waals surface area contributed by atoms with Crippen molar-refractivity contribution in [1.29, 1.82) is 0 Å². The zero-order chi connectivity index (χ0) is 22.4. The smallest absolute Gasteiger partial charge is 0.257 e. The number of carbonyl (C=O) groups is 3.